The number of unbranched alkanes of at least 4 members (excludes halogenated alkanes) is 1. The van der Waals surface area contributed by atoms with Crippen molar-refractivity contribution in [1.82, 2.24) is 9.78 Å². The van der Waals surface area contributed by atoms with Crippen molar-refractivity contribution in [3.05, 3.63) is 40.7 Å². The number of benzene rings is 1. The molecular formula is C16H17ClF3N3O2. The summed E-state index contributed by atoms with van der Waals surface area (Å²) in [6, 6.07) is 4.85. The van der Waals surface area contributed by atoms with Crippen molar-refractivity contribution in [3.63, 3.8) is 0 Å². The van der Waals surface area contributed by atoms with Gasteiger partial charge in [-0.1, -0.05) is 24.9 Å². The Morgan fingerprint density at radius 3 is 2.52 bits per heavy atom. The van der Waals surface area contributed by atoms with Crippen molar-refractivity contribution in [2.24, 2.45) is 0 Å². The van der Waals surface area contributed by atoms with Crippen molar-refractivity contribution < 1.29 is 22.7 Å². The summed E-state index contributed by atoms with van der Waals surface area (Å²) in [4.78, 5) is 12.4. The van der Waals surface area contributed by atoms with E-state index in [9.17, 15) is 18.0 Å². The Morgan fingerprint density at radius 2 is 1.96 bits per heavy atom. The molecule has 1 heterocycles. The highest BCUT2D eigenvalue weighted by Crippen LogP contribution is 2.25. The molecule has 136 valence electrons. The van der Waals surface area contributed by atoms with Crippen LogP contribution in [0.1, 0.15) is 35.8 Å². The minimum Gasteiger partial charge on any atom is -0.406 e. The fraction of sp³-hybridized carbons (Fsp3) is 0.375. The van der Waals surface area contributed by atoms with Crippen molar-refractivity contribution in [2.45, 2.75) is 39.6 Å². The van der Waals surface area contributed by atoms with Crippen molar-refractivity contribution in [1.29, 1.82) is 0 Å². The number of nitrogens with one attached hydrogen (secondary N) is 1. The zero-order valence-electron chi connectivity index (χ0n) is 13.7. The number of ether oxygens (including phenoxy) is 1. The molecule has 0 spiro atoms. The van der Waals surface area contributed by atoms with Crippen LogP contribution in [0.15, 0.2) is 24.3 Å². The number of rotatable bonds is 6. The lowest BCUT2D eigenvalue weighted by Gasteiger charge is -2.10. The van der Waals surface area contributed by atoms with Crippen LogP contribution < -0.4 is 10.1 Å². The minimum atomic E-state index is -4.76. The zero-order chi connectivity index (χ0) is 18.6. The van der Waals surface area contributed by atoms with Crippen LogP contribution in [0.2, 0.25) is 5.15 Å². The standard InChI is InChI=1S/C16H17ClF3N3O2/c1-3-4-9-23-14(17)13(10(2)22-23)15(24)21-11-5-7-12(8-6-11)25-16(18,19)20/h5-8H,3-4,9H2,1-2H3,(H,21,24). The summed E-state index contributed by atoms with van der Waals surface area (Å²) in [5.74, 6) is -0.846. The van der Waals surface area contributed by atoms with Gasteiger partial charge in [0.2, 0.25) is 0 Å². The summed E-state index contributed by atoms with van der Waals surface area (Å²) < 4.78 is 41.8. The van der Waals surface area contributed by atoms with Gasteiger partial charge in [-0.2, -0.15) is 5.10 Å². The third-order valence-corrected chi connectivity index (χ3v) is 3.75. The molecule has 1 aromatic carbocycles. The third kappa shape index (κ3) is 5.12. The first-order chi connectivity index (χ1) is 11.7. The summed E-state index contributed by atoms with van der Waals surface area (Å²) in [7, 11) is 0. The summed E-state index contributed by atoms with van der Waals surface area (Å²) in [5.41, 5.74) is 1.04. The van der Waals surface area contributed by atoms with Crippen LogP contribution in [0.25, 0.3) is 0 Å². The summed E-state index contributed by atoms with van der Waals surface area (Å²) in [6.07, 6.45) is -2.92. The minimum absolute atomic E-state index is 0.237. The highest BCUT2D eigenvalue weighted by Gasteiger charge is 2.31. The van der Waals surface area contributed by atoms with E-state index in [-0.39, 0.29) is 16.5 Å². The van der Waals surface area contributed by atoms with Gasteiger partial charge in [-0.3, -0.25) is 9.48 Å². The second-order valence-electron chi connectivity index (χ2n) is 5.35. The molecule has 0 unspecified atom stereocenters. The van der Waals surface area contributed by atoms with E-state index < -0.39 is 12.3 Å². The maximum Gasteiger partial charge on any atom is 0.573 e. The van der Waals surface area contributed by atoms with Gasteiger partial charge in [0.05, 0.1) is 11.3 Å². The molecule has 0 aliphatic heterocycles. The topological polar surface area (TPSA) is 56.2 Å². The number of carbonyl (C=O) groups excluding carboxylic acids is 1. The first kappa shape index (κ1) is 19.1. The second-order valence-corrected chi connectivity index (χ2v) is 5.71. The zero-order valence-corrected chi connectivity index (χ0v) is 14.4. The molecule has 5 nitrogen and oxygen atoms in total. The van der Waals surface area contributed by atoms with Gasteiger partial charge < -0.3 is 10.1 Å². The van der Waals surface area contributed by atoms with Crippen LogP contribution in [0.4, 0.5) is 18.9 Å². The predicted octanol–water partition coefficient (Wildman–Crippen LogP) is 4.80. The van der Waals surface area contributed by atoms with Gasteiger partial charge in [0.15, 0.2) is 0 Å². The van der Waals surface area contributed by atoms with Gasteiger partial charge in [0, 0.05) is 12.2 Å². The lowest BCUT2D eigenvalue weighted by atomic mass is 10.2. The number of nitrogens with zero attached hydrogens (tertiary/aromatic N) is 2. The van der Waals surface area contributed by atoms with Crippen molar-refractivity contribution in [3.8, 4) is 5.75 Å². The molecule has 0 saturated heterocycles. The second kappa shape index (κ2) is 7.77. The Hall–Kier alpha value is -2.22. The number of hydrogen-bond donors (Lipinski definition) is 1. The number of halogens is 4. The number of aromatic nitrogens is 2. The fourth-order valence-electron chi connectivity index (χ4n) is 2.20. The Bertz CT molecular complexity index is 742. The molecule has 0 fully saturated rings. The van der Waals surface area contributed by atoms with Crippen LogP contribution >= 0.6 is 11.6 Å². The highest BCUT2D eigenvalue weighted by molar-refractivity contribution is 6.33. The molecule has 1 amide bonds. The first-order valence-corrected chi connectivity index (χ1v) is 7.99. The van der Waals surface area contributed by atoms with Gasteiger partial charge in [0.25, 0.3) is 5.91 Å². The van der Waals surface area contributed by atoms with Gasteiger partial charge in [-0.25, -0.2) is 0 Å². The van der Waals surface area contributed by atoms with E-state index in [1.165, 1.54) is 12.1 Å². The van der Waals surface area contributed by atoms with Gasteiger partial charge in [-0.15, -0.1) is 13.2 Å². The lowest BCUT2D eigenvalue weighted by Crippen LogP contribution is -2.17. The van der Waals surface area contributed by atoms with Crippen LogP contribution in [0.3, 0.4) is 0 Å². The van der Waals surface area contributed by atoms with E-state index >= 15 is 0 Å². The molecule has 2 aromatic rings. The van der Waals surface area contributed by atoms with E-state index in [1.807, 2.05) is 6.92 Å². The normalized spacial score (nSPS) is 11.4. The van der Waals surface area contributed by atoms with Crippen LogP contribution in [-0.4, -0.2) is 22.1 Å². The number of alkyl halides is 3. The van der Waals surface area contributed by atoms with Gasteiger partial charge >= 0.3 is 6.36 Å². The summed E-state index contributed by atoms with van der Waals surface area (Å²) in [5, 5.41) is 7.07. The third-order valence-electron chi connectivity index (χ3n) is 3.36. The number of carbonyl (C=O) groups is 1. The van der Waals surface area contributed by atoms with E-state index in [0.717, 1.165) is 25.0 Å². The first-order valence-electron chi connectivity index (χ1n) is 7.61. The maximum absolute atomic E-state index is 12.4. The molecule has 2 rings (SSSR count). The number of hydrogen-bond acceptors (Lipinski definition) is 3. The van der Waals surface area contributed by atoms with Crippen molar-refractivity contribution in [2.75, 3.05) is 5.32 Å². The van der Waals surface area contributed by atoms with Gasteiger partial charge in [0.1, 0.15) is 10.9 Å². The quantitative estimate of drug-likeness (QED) is 0.789. The van der Waals surface area contributed by atoms with Crippen molar-refractivity contribution >= 4 is 23.2 Å². The Kier molecular flexibility index (Phi) is 5.94. The molecule has 0 aliphatic carbocycles. The monoisotopic (exact) mass is 375 g/mol. The number of amides is 1. The van der Waals surface area contributed by atoms with E-state index in [2.05, 4.69) is 15.2 Å². The number of anilines is 1. The fourth-order valence-corrected chi connectivity index (χ4v) is 2.55. The largest absolute Gasteiger partial charge is 0.573 e. The Labute approximate surface area is 147 Å². The SMILES string of the molecule is CCCCn1nc(C)c(C(=O)Nc2ccc(OC(F)(F)F)cc2)c1Cl. The predicted molar refractivity (Wildman–Crippen MR) is 88.0 cm³/mol. The van der Waals surface area contributed by atoms with E-state index in [4.69, 9.17) is 11.6 Å². The molecular weight excluding hydrogens is 359 g/mol. The lowest BCUT2D eigenvalue weighted by molar-refractivity contribution is -0.274. The molecule has 0 saturated carbocycles. The maximum atomic E-state index is 12.4. The number of aryl methyl sites for hydroxylation is 2. The highest BCUT2D eigenvalue weighted by atomic mass is 35.5. The molecule has 0 bridgehead atoms. The molecule has 25 heavy (non-hydrogen) atoms. The van der Waals surface area contributed by atoms with Crippen LogP contribution in [0.5, 0.6) is 5.75 Å². The average Bonchev–Trinajstić information content (AvgIpc) is 2.80. The Morgan fingerprint density at radius 1 is 1.32 bits per heavy atom. The molecule has 0 atom stereocenters. The molecule has 1 aromatic heterocycles. The average molecular weight is 376 g/mol. The van der Waals surface area contributed by atoms with E-state index in [1.54, 1.807) is 11.6 Å². The summed E-state index contributed by atoms with van der Waals surface area (Å²) >= 11 is 6.22. The molecule has 1 N–H and O–H groups in total. The van der Waals surface area contributed by atoms with E-state index in [0.29, 0.717) is 17.9 Å². The smallest absolute Gasteiger partial charge is 0.406 e. The summed E-state index contributed by atoms with van der Waals surface area (Å²) in [6.45, 7) is 4.31. The van der Waals surface area contributed by atoms with Crippen LogP contribution in [0, 0.1) is 6.92 Å². The van der Waals surface area contributed by atoms with Crippen LogP contribution in [-0.2, 0) is 6.54 Å². The molecule has 0 radical (unpaired) electrons. The molecule has 9 heteroatoms. The van der Waals surface area contributed by atoms with Gasteiger partial charge in [-0.05, 0) is 37.6 Å². The Balaban J connectivity index is 2.11. The molecule has 0 aliphatic rings.